The predicted octanol–water partition coefficient (Wildman–Crippen LogP) is 5.17. The van der Waals surface area contributed by atoms with Gasteiger partial charge in [-0.2, -0.15) is 0 Å². The first kappa shape index (κ1) is 31.7. The molecule has 0 bridgehead atoms. The summed E-state index contributed by atoms with van der Waals surface area (Å²) >= 11 is 0. The summed E-state index contributed by atoms with van der Waals surface area (Å²) in [6.07, 6.45) is 0.361. The second-order valence-corrected chi connectivity index (χ2v) is 10.9. The summed E-state index contributed by atoms with van der Waals surface area (Å²) < 4.78 is 12.1. The van der Waals surface area contributed by atoms with Crippen molar-refractivity contribution in [1.29, 1.82) is 0 Å². The Morgan fingerprint density at radius 2 is 1.47 bits per heavy atom. The molecule has 7 heteroatoms. The lowest BCUT2D eigenvalue weighted by Crippen LogP contribution is -2.34. The van der Waals surface area contributed by atoms with Crippen molar-refractivity contribution >= 4 is 0 Å². The van der Waals surface area contributed by atoms with Gasteiger partial charge in [0.05, 0.1) is 18.3 Å². The molecule has 0 aliphatic rings. The number of aryl methyl sites for hydroxylation is 1. The fourth-order valence-corrected chi connectivity index (χ4v) is 5.14. The zero-order valence-electron chi connectivity index (χ0n) is 24.6. The van der Waals surface area contributed by atoms with Crippen LogP contribution in [0.5, 0.6) is 0 Å². The number of aliphatic hydroxyl groups excluding tert-OH is 3. The van der Waals surface area contributed by atoms with Crippen LogP contribution in [-0.2, 0) is 6.42 Å². The van der Waals surface area contributed by atoms with Gasteiger partial charge in [-0.3, -0.25) is 9.59 Å². The van der Waals surface area contributed by atoms with Gasteiger partial charge in [0.15, 0.2) is 10.9 Å². The molecular formula is C31H46O7. The molecule has 0 amide bonds. The van der Waals surface area contributed by atoms with Crippen molar-refractivity contribution in [3.05, 3.63) is 77.9 Å². The summed E-state index contributed by atoms with van der Waals surface area (Å²) in [4.78, 5) is 25.3. The first-order chi connectivity index (χ1) is 17.7. The van der Waals surface area contributed by atoms with Crippen molar-refractivity contribution in [3.63, 3.8) is 0 Å². The molecule has 2 heterocycles. The highest BCUT2D eigenvalue weighted by molar-refractivity contribution is 5.29. The molecule has 212 valence electrons. The highest BCUT2D eigenvalue weighted by Crippen LogP contribution is 2.32. The van der Waals surface area contributed by atoms with Gasteiger partial charge in [-0.1, -0.05) is 47.6 Å². The minimum atomic E-state index is -0.976. The fraction of sp³-hybridized carbons (Fsp3) is 0.613. The van der Waals surface area contributed by atoms with Crippen molar-refractivity contribution in [2.24, 2.45) is 5.92 Å². The van der Waals surface area contributed by atoms with E-state index < -0.39 is 30.1 Å². The Morgan fingerprint density at radius 3 is 2.03 bits per heavy atom. The molecular weight excluding hydrogens is 484 g/mol. The summed E-state index contributed by atoms with van der Waals surface area (Å²) in [5, 5.41) is 32.6. The van der Waals surface area contributed by atoms with Gasteiger partial charge in [0.25, 0.3) is 0 Å². The number of allylic oxidation sites excluding steroid dienone is 1. The molecule has 0 spiro atoms. The van der Waals surface area contributed by atoms with E-state index in [0.717, 1.165) is 0 Å². The maximum absolute atomic E-state index is 12.7. The molecule has 0 fully saturated rings. The summed E-state index contributed by atoms with van der Waals surface area (Å²) in [5.74, 6) is 0.239. The summed E-state index contributed by atoms with van der Waals surface area (Å²) in [6, 6.07) is 1.46. The molecule has 3 N–H and O–H groups in total. The Morgan fingerprint density at radius 1 is 0.895 bits per heavy atom. The van der Waals surface area contributed by atoms with Crippen LogP contribution in [0.15, 0.2) is 36.1 Å². The van der Waals surface area contributed by atoms with E-state index in [1.54, 1.807) is 41.5 Å². The van der Waals surface area contributed by atoms with E-state index in [2.05, 4.69) is 0 Å². The fourth-order valence-electron chi connectivity index (χ4n) is 5.14. The van der Waals surface area contributed by atoms with Crippen LogP contribution in [0.4, 0.5) is 0 Å². The van der Waals surface area contributed by atoms with Gasteiger partial charge in [-0.25, -0.2) is 0 Å². The highest BCUT2D eigenvalue weighted by Gasteiger charge is 2.32. The van der Waals surface area contributed by atoms with Crippen molar-refractivity contribution in [2.75, 3.05) is 0 Å². The van der Waals surface area contributed by atoms with E-state index in [1.807, 2.05) is 33.8 Å². The van der Waals surface area contributed by atoms with Crippen LogP contribution >= 0.6 is 0 Å². The summed E-state index contributed by atoms with van der Waals surface area (Å²) in [6.45, 7) is 18.0. The van der Waals surface area contributed by atoms with Crippen molar-refractivity contribution in [3.8, 4) is 0 Å². The molecule has 0 saturated heterocycles. The molecule has 0 aliphatic carbocycles. The van der Waals surface area contributed by atoms with E-state index in [9.17, 15) is 24.9 Å². The molecule has 0 radical (unpaired) electrons. The van der Waals surface area contributed by atoms with Crippen molar-refractivity contribution in [1.82, 2.24) is 0 Å². The third kappa shape index (κ3) is 6.56. The predicted molar refractivity (Wildman–Crippen MR) is 150 cm³/mol. The lowest BCUT2D eigenvalue weighted by Gasteiger charge is -2.29. The second-order valence-electron chi connectivity index (χ2n) is 10.9. The Bertz CT molecular complexity index is 1250. The Hall–Kier alpha value is -2.48. The molecule has 0 saturated carbocycles. The average molecular weight is 531 g/mol. The lowest BCUT2D eigenvalue weighted by molar-refractivity contribution is 0.0216. The van der Waals surface area contributed by atoms with Crippen LogP contribution < -0.4 is 10.9 Å². The Kier molecular flexibility index (Phi) is 10.9. The van der Waals surface area contributed by atoms with Crippen LogP contribution in [0.25, 0.3) is 0 Å². The molecule has 1 unspecified atom stereocenters. The average Bonchev–Trinajstić information content (AvgIpc) is 2.90. The number of rotatable bonds is 11. The number of aliphatic hydroxyl groups is 3. The number of hydrogen-bond donors (Lipinski definition) is 3. The van der Waals surface area contributed by atoms with E-state index in [1.165, 1.54) is 6.07 Å². The van der Waals surface area contributed by atoms with Gasteiger partial charge < -0.3 is 24.2 Å². The highest BCUT2D eigenvalue weighted by atomic mass is 16.3. The van der Waals surface area contributed by atoms with Crippen LogP contribution in [0, 0.1) is 26.7 Å². The molecule has 2 aromatic rings. The smallest absolute Gasteiger partial charge is 0.191 e. The molecule has 2 rings (SSSR count). The SMILES string of the molecule is CCc1oc([C@H](C)[C@H](O)[C@@H](C)[C@@H](O)/C(C)=C/[C@H](C)c2cc(=O)c(C)c([C@@H](C)C(O)CC)o2)c(C)c(=O)c1C. The standard InChI is InChI=1S/C31H46O7/c1-11-23(32)17(5)30-18(6)24(33)14-26(38-30)15(3)13-16(4)27(34)20(8)29(36)22(10)31-21(9)28(35)19(7)25(12-2)37-31/h13-15,17,20,22-23,27,29,32,34,36H,11-12H2,1-10H3/b16-13+/t15-,17-,20-,22+,23?,27-,29+/m0/s1. The van der Waals surface area contributed by atoms with E-state index in [0.29, 0.717) is 58.1 Å². The second kappa shape index (κ2) is 13.0. The van der Waals surface area contributed by atoms with Gasteiger partial charge in [0.2, 0.25) is 0 Å². The van der Waals surface area contributed by atoms with Crippen molar-refractivity contribution < 1.29 is 24.2 Å². The van der Waals surface area contributed by atoms with Crippen LogP contribution in [0.3, 0.4) is 0 Å². The van der Waals surface area contributed by atoms with Gasteiger partial charge in [-0.05, 0) is 39.7 Å². The minimum absolute atomic E-state index is 0.0833. The molecule has 7 atom stereocenters. The van der Waals surface area contributed by atoms with E-state index >= 15 is 0 Å². The summed E-state index contributed by atoms with van der Waals surface area (Å²) in [7, 11) is 0. The number of hydrogen-bond acceptors (Lipinski definition) is 7. The molecule has 0 aromatic carbocycles. The zero-order chi connectivity index (χ0) is 29.1. The Balaban J connectivity index is 2.32. The Labute approximate surface area is 226 Å². The molecule has 7 nitrogen and oxygen atoms in total. The molecule has 38 heavy (non-hydrogen) atoms. The van der Waals surface area contributed by atoms with Crippen LogP contribution in [0.1, 0.15) is 112 Å². The largest absolute Gasteiger partial charge is 0.465 e. The van der Waals surface area contributed by atoms with Gasteiger partial charge in [0, 0.05) is 52.8 Å². The topological polar surface area (TPSA) is 121 Å². The maximum Gasteiger partial charge on any atom is 0.191 e. The lowest BCUT2D eigenvalue weighted by atomic mass is 9.83. The minimum Gasteiger partial charge on any atom is -0.465 e. The summed E-state index contributed by atoms with van der Waals surface area (Å²) in [5.41, 5.74) is 1.92. The van der Waals surface area contributed by atoms with Crippen molar-refractivity contribution in [2.45, 2.75) is 118 Å². The van der Waals surface area contributed by atoms with E-state index in [-0.39, 0.29) is 22.7 Å². The van der Waals surface area contributed by atoms with Crippen LogP contribution in [-0.4, -0.2) is 33.6 Å². The van der Waals surface area contributed by atoms with Gasteiger partial charge >= 0.3 is 0 Å². The first-order valence-electron chi connectivity index (χ1n) is 13.7. The zero-order valence-corrected chi connectivity index (χ0v) is 24.6. The third-order valence-electron chi connectivity index (χ3n) is 8.06. The molecule has 2 aromatic heterocycles. The third-order valence-corrected chi connectivity index (χ3v) is 8.06. The quantitative estimate of drug-likeness (QED) is 0.343. The normalized spacial score (nSPS) is 18.0. The van der Waals surface area contributed by atoms with Crippen LogP contribution in [0.2, 0.25) is 0 Å². The van der Waals surface area contributed by atoms with E-state index in [4.69, 9.17) is 8.83 Å². The van der Waals surface area contributed by atoms with Gasteiger partial charge in [-0.15, -0.1) is 0 Å². The monoisotopic (exact) mass is 530 g/mol. The maximum atomic E-state index is 12.7. The van der Waals surface area contributed by atoms with Gasteiger partial charge in [0.1, 0.15) is 23.0 Å². The first-order valence-corrected chi connectivity index (χ1v) is 13.7. The molecule has 0 aliphatic heterocycles.